The first-order valence-electron chi connectivity index (χ1n) is 18.5. The molecular formula is C42H42ClN6O6P. The summed E-state index contributed by atoms with van der Waals surface area (Å²) in [5, 5.41) is 12.2. The molecule has 2 fully saturated rings. The van der Waals surface area contributed by atoms with E-state index in [1.165, 1.54) is 10.8 Å². The first kappa shape index (κ1) is 39.1. The molecule has 1 amide bonds. The highest BCUT2D eigenvalue weighted by atomic mass is 35.7. The van der Waals surface area contributed by atoms with E-state index in [4.69, 9.17) is 20.5 Å². The number of hydrogen-bond acceptors (Lipinski definition) is 8. The Morgan fingerprint density at radius 2 is 1.52 bits per heavy atom. The minimum absolute atomic E-state index is 0.161. The third kappa shape index (κ3) is 8.20. The van der Waals surface area contributed by atoms with Gasteiger partial charge in [-0.05, 0) is 65.9 Å². The molecule has 0 bridgehead atoms. The van der Waals surface area contributed by atoms with Crippen molar-refractivity contribution in [3.63, 3.8) is 0 Å². The van der Waals surface area contributed by atoms with E-state index in [9.17, 15) is 24.2 Å². The predicted octanol–water partition coefficient (Wildman–Crippen LogP) is 6.17. The molecule has 2 aliphatic heterocycles. The summed E-state index contributed by atoms with van der Waals surface area (Å²) in [6.45, 7) is -1.24. The largest absolute Gasteiger partial charge is 0.363 e. The summed E-state index contributed by atoms with van der Waals surface area (Å²) in [5.74, 6) is -0.284. The molecule has 288 valence electrons. The Morgan fingerprint density at radius 3 is 2.09 bits per heavy atom. The number of nitrogens with one attached hydrogen (secondary N) is 2. The third-order valence-corrected chi connectivity index (χ3v) is 13.0. The quantitative estimate of drug-likeness (QED) is 0.118. The number of H-pyrrole nitrogens is 1. The molecule has 4 aromatic carbocycles. The van der Waals surface area contributed by atoms with E-state index >= 15 is 0 Å². The van der Waals surface area contributed by atoms with Gasteiger partial charge in [0.15, 0.2) is 6.23 Å². The van der Waals surface area contributed by atoms with Gasteiger partial charge in [0.1, 0.15) is 0 Å². The lowest BCUT2D eigenvalue weighted by molar-refractivity contribution is -0.148. The van der Waals surface area contributed by atoms with Crippen molar-refractivity contribution < 1.29 is 18.6 Å². The Bertz CT molecular complexity index is 2270. The zero-order valence-electron chi connectivity index (χ0n) is 30.8. The van der Waals surface area contributed by atoms with Gasteiger partial charge >= 0.3 is 12.6 Å². The van der Waals surface area contributed by atoms with Crippen molar-refractivity contribution >= 4 is 24.0 Å². The average molecular weight is 793 g/mol. The second-order valence-electron chi connectivity index (χ2n) is 14.0. The minimum Gasteiger partial charge on any atom is -0.350 e. The SMILES string of the molecule is Cc1cn(C2CN(C(c3ccccc3)(c3ccccc3)c3ccccc3)CC(COP(=O)(Cl)N3CCC(NC(=O)c4cccc(C#N)c4)CC3)O2)c(=O)[nH]c1=O. The molecule has 0 radical (unpaired) electrons. The minimum atomic E-state index is -3.87. The number of piperidine rings is 1. The van der Waals surface area contributed by atoms with Crippen LogP contribution in [0.3, 0.4) is 0 Å². The van der Waals surface area contributed by atoms with Crippen LogP contribution in [-0.2, 0) is 19.4 Å². The van der Waals surface area contributed by atoms with Crippen LogP contribution in [-0.4, -0.2) is 70.0 Å². The maximum Gasteiger partial charge on any atom is 0.363 e. The molecule has 0 saturated carbocycles. The van der Waals surface area contributed by atoms with Crippen LogP contribution in [0.4, 0.5) is 0 Å². The Hall–Kier alpha value is -5.12. The van der Waals surface area contributed by atoms with Crippen LogP contribution < -0.4 is 16.6 Å². The monoisotopic (exact) mass is 792 g/mol. The zero-order valence-corrected chi connectivity index (χ0v) is 32.4. The Balaban J connectivity index is 1.16. The molecule has 56 heavy (non-hydrogen) atoms. The second-order valence-corrected chi connectivity index (χ2v) is 17.1. The van der Waals surface area contributed by atoms with Crippen LogP contribution in [0, 0.1) is 18.3 Å². The molecule has 3 heterocycles. The summed E-state index contributed by atoms with van der Waals surface area (Å²) in [7, 11) is 0. The van der Waals surface area contributed by atoms with Gasteiger partial charge in [0, 0.05) is 49.5 Å². The van der Waals surface area contributed by atoms with Gasteiger partial charge in [0.2, 0.25) is 0 Å². The van der Waals surface area contributed by atoms with E-state index in [0.717, 1.165) is 16.7 Å². The summed E-state index contributed by atoms with van der Waals surface area (Å²) in [4.78, 5) is 43.3. The summed E-state index contributed by atoms with van der Waals surface area (Å²) in [6.07, 6.45) is 0.872. The van der Waals surface area contributed by atoms with Gasteiger partial charge in [-0.15, -0.1) is 0 Å². The lowest BCUT2D eigenvalue weighted by Crippen LogP contribution is -2.58. The Kier molecular flexibility index (Phi) is 11.8. The van der Waals surface area contributed by atoms with Crippen LogP contribution in [0.2, 0.25) is 0 Å². The number of carbonyl (C=O) groups is 1. The van der Waals surface area contributed by atoms with Gasteiger partial charge in [-0.3, -0.25) is 28.6 Å². The highest BCUT2D eigenvalue weighted by Crippen LogP contribution is 2.57. The van der Waals surface area contributed by atoms with Crippen molar-refractivity contribution in [2.75, 3.05) is 32.8 Å². The van der Waals surface area contributed by atoms with Gasteiger partial charge in [-0.2, -0.15) is 5.26 Å². The number of morpholine rings is 1. The predicted molar refractivity (Wildman–Crippen MR) is 213 cm³/mol. The number of benzene rings is 4. The van der Waals surface area contributed by atoms with E-state index in [-0.39, 0.29) is 25.1 Å². The van der Waals surface area contributed by atoms with Crippen LogP contribution in [0.15, 0.2) is 131 Å². The number of aromatic amines is 1. The van der Waals surface area contributed by atoms with E-state index in [1.807, 2.05) is 60.7 Å². The van der Waals surface area contributed by atoms with Gasteiger partial charge in [0.25, 0.3) is 11.5 Å². The summed E-state index contributed by atoms with van der Waals surface area (Å²) < 4.78 is 29.7. The maximum absolute atomic E-state index is 14.1. The van der Waals surface area contributed by atoms with Crippen LogP contribution >= 0.6 is 18.1 Å². The standard InChI is InChI=1S/C42H42ClN6O6P/c1-30-26-49(41(52)46-39(30)50)38-28-47(42(33-14-5-2-6-15-33,34-16-7-3-8-17-34)35-18-9-4-10-19-35)27-37(55-38)29-54-56(43,53)48-22-20-36(21-23-48)45-40(51)32-13-11-12-31(24-32)25-44/h2-19,24,26,36-38H,20-23,27-29H2,1H3,(H,45,51)(H,46,50,52). The molecule has 7 rings (SSSR count). The summed E-state index contributed by atoms with van der Waals surface area (Å²) in [6, 6.07) is 38.7. The summed E-state index contributed by atoms with van der Waals surface area (Å²) >= 11 is 6.72. The Morgan fingerprint density at radius 1 is 0.929 bits per heavy atom. The van der Waals surface area contributed by atoms with Gasteiger partial charge in [-0.1, -0.05) is 97.1 Å². The van der Waals surface area contributed by atoms with Crippen molar-refractivity contribution in [2.24, 2.45) is 0 Å². The second kappa shape index (κ2) is 16.9. The van der Waals surface area contributed by atoms with E-state index in [2.05, 4.69) is 51.6 Å². The van der Waals surface area contributed by atoms with E-state index < -0.39 is 36.0 Å². The number of amides is 1. The molecule has 2 saturated heterocycles. The van der Waals surface area contributed by atoms with Gasteiger partial charge < -0.3 is 14.6 Å². The van der Waals surface area contributed by atoms with Crippen molar-refractivity contribution in [3.05, 3.63) is 176 Å². The first-order chi connectivity index (χ1) is 27.1. The van der Waals surface area contributed by atoms with Crippen LogP contribution in [0.25, 0.3) is 0 Å². The number of aryl methyl sites for hydroxylation is 1. The van der Waals surface area contributed by atoms with Crippen LogP contribution in [0.1, 0.15) is 57.2 Å². The number of carbonyl (C=O) groups excluding carboxylic acids is 1. The molecule has 2 N–H and O–H groups in total. The van der Waals surface area contributed by atoms with Crippen molar-refractivity contribution in [1.82, 2.24) is 24.4 Å². The van der Waals surface area contributed by atoms with Crippen molar-refractivity contribution in [3.8, 4) is 6.07 Å². The number of rotatable bonds is 11. The smallest absolute Gasteiger partial charge is 0.350 e. The Labute approximate surface area is 329 Å². The fraction of sp³-hybridized carbons (Fsp3) is 0.286. The topological polar surface area (TPSA) is 150 Å². The average Bonchev–Trinajstić information content (AvgIpc) is 3.23. The molecule has 2 aliphatic rings. The normalized spacial score (nSPS) is 19.4. The molecule has 14 heteroatoms. The molecule has 0 aliphatic carbocycles. The maximum atomic E-state index is 14.1. The first-order valence-corrected chi connectivity index (χ1v) is 21.0. The number of ether oxygens (including phenoxy) is 1. The number of aromatic nitrogens is 2. The fourth-order valence-electron chi connectivity index (χ4n) is 7.73. The van der Waals surface area contributed by atoms with E-state index in [0.29, 0.717) is 49.2 Å². The molecular weight excluding hydrogens is 751 g/mol. The highest BCUT2D eigenvalue weighted by Gasteiger charge is 2.47. The molecule has 3 unspecified atom stereocenters. The molecule has 1 aromatic heterocycles. The van der Waals surface area contributed by atoms with E-state index in [1.54, 1.807) is 35.9 Å². The number of nitrogens with zero attached hydrogens (tertiary/aromatic N) is 4. The van der Waals surface area contributed by atoms with Gasteiger partial charge in [-0.25, -0.2) is 9.46 Å². The van der Waals surface area contributed by atoms with Crippen molar-refractivity contribution in [1.29, 1.82) is 5.26 Å². The molecule has 5 aromatic rings. The lowest BCUT2D eigenvalue weighted by Gasteiger charge is -2.50. The zero-order chi connectivity index (χ0) is 39.3. The fourth-order valence-corrected chi connectivity index (χ4v) is 9.57. The molecule has 12 nitrogen and oxygen atoms in total. The molecule has 0 spiro atoms. The van der Waals surface area contributed by atoms with Crippen LogP contribution in [0.5, 0.6) is 0 Å². The summed E-state index contributed by atoms with van der Waals surface area (Å²) in [5.41, 5.74) is 2.12. The van der Waals surface area contributed by atoms with Crippen molar-refractivity contribution in [2.45, 2.75) is 43.7 Å². The number of halogens is 1. The van der Waals surface area contributed by atoms with Gasteiger partial charge in [0.05, 0.1) is 29.9 Å². The highest BCUT2D eigenvalue weighted by molar-refractivity contribution is 7.83. The molecule has 3 atom stereocenters. The lowest BCUT2D eigenvalue weighted by atomic mass is 9.75. The number of hydrogen-bond donors (Lipinski definition) is 2. The third-order valence-electron chi connectivity index (χ3n) is 10.5. The number of nitriles is 1.